The summed E-state index contributed by atoms with van der Waals surface area (Å²) in [6.07, 6.45) is 0. The summed E-state index contributed by atoms with van der Waals surface area (Å²) >= 11 is 1.42. The predicted molar refractivity (Wildman–Crippen MR) is 103 cm³/mol. The minimum absolute atomic E-state index is 0.00781. The average molecular weight is 381 g/mol. The van der Waals surface area contributed by atoms with Gasteiger partial charge in [0.15, 0.2) is 0 Å². The number of para-hydroxylation sites is 1. The first-order valence-electron chi connectivity index (χ1n) is 7.98. The second-order valence-corrected chi connectivity index (χ2v) is 6.40. The summed E-state index contributed by atoms with van der Waals surface area (Å²) in [5.74, 6) is -0.638. The smallest absolute Gasteiger partial charge is 0.269 e. The molecule has 2 N–H and O–H groups in total. The van der Waals surface area contributed by atoms with Crippen molar-refractivity contribution in [3.8, 4) is 0 Å². The Balaban J connectivity index is 1.68. The van der Waals surface area contributed by atoms with Gasteiger partial charge in [0.25, 0.3) is 17.5 Å². The molecule has 1 aromatic heterocycles. The van der Waals surface area contributed by atoms with Crippen LogP contribution in [0, 0.1) is 10.1 Å². The molecule has 27 heavy (non-hydrogen) atoms. The molecule has 0 unspecified atom stereocenters. The van der Waals surface area contributed by atoms with Gasteiger partial charge in [0.1, 0.15) is 0 Å². The van der Waals surface area contributed by atoms with E-state index in [0.29, 0.717) is 16.8 Å². The number of anilines is 1. The lowest BCUT2D eigenvalue weighted by molar-refractivity contribution is -0.384. The van der Waals surface area contributed by atoms with Crippen LogP contribution in [0.2, 0.25) is 0 Å². The van der Waals surface area contributed by atoms with Crippen molar-refractivity contribution >= 4 is 34.5 Å². The van der Waals surface area contributed by atoms with Gasteiger partial charge in [-0.25, -0.2) is 0 Å². The summed E-state index contributed by atoms with van der Waals surface area (Å²) in [7, 11) is 0. The normalized spacial score (nSPS) is 10.2. The van der Waals surface area contributed by atoms with E-state index in [1.807, 2.05) is 0 Å². The maximum absolute atomic E-state index is 12.5. The Labute approximate surface area is 158 Å². The quantitative estimate of drug-likeness (QED) is 0.500. The molecule has 7 nitrogen and oxygen atoms in total. The Morgan fingerprint density at radius 2 is 1.74 bits per heavy atom. The van der Waals surface area contributed by atoms with Crippen molar-refractivity contribution in [3.63, 3.8) is 0 Å². The molecular weight excluding hydrogens is 366 g/mol. The number of amides is 2. The zero-order valence-electron chi connectivity index (χ0n) is 14.0. The van der Waals surface area contributed by atoms with Gasteiger partial charge in [0.05, 0.1) is 21.7 Å². The topological polar surface area (TPSA) is 101 Å². The van der Waals surface area contributed by atoms with E-state index in [4.69, 9.17) is 0 Å². The molecule has 0 radical (unpaired) electrons. The summed E-state index contributed by atoms with van der Waals surface area (Å²) in [5, 5.41) is 19.7. The lowest BCUT2D eigenvalue weighted by atomic mass is 10.1. The first-order chi connectivity index (χ1) is 13.0. The summed E-state index contributed by atoms with van der Waals surface area (Å²) in [6.45, 7) is 0.212. The zero-order valence-corrected chi connectivity index (χ0v) is 14.9. The summed E-state index contributed by atoms with van der Waals surface area (Å²) in [4.78, 5) is 34.9. The van der Waals surface area contributed by atoms with Crippen molar-refractivity contribution in [2.24, 2.45) is 0 Å². The molecule has 0 aliphatic carbocycles. The van der Waals surface area contributed by atoms with Crippen molar-refractivity contribution in [2.75, 3.05) is 5.32 Å². The van der Waals surface area contributed by atoms with Crippen LogP contribution >= 0.6 is 11.3 Å². The highest BCUT2D eigenvalue weighted by molar-refractivity contribution is 7.08. The summed E-state index contributed by atoms with van der Waals surface area (Å²) < 4.78 is 0. The SMILES string of the molecule is O=C(Nc1ccccc1C(=O)NCc1ccc([N+](=O)[O-])cc1)c1ccsc1. The van der Waals surface area contributed by atoms with Gasteiger partial charge in [0.2, 0.25) is 0 Å². The molecule has 0 spiro atoms. The number of hydrogen-bond donors (Lipinski definition) is 2. The molecule has 2 aromatic carbocycles. The molecule has 3 rings (SSSR count). The van der Waals surface area contributed by atoms with Crippen molar-refractivity contribution < 1.29 is 14.5 Å². The van der Waals surface area contributed by atoms with Gasteiger partial charge in [-0.15, -0.1) is 0 Å². The summed E-state index contributed by atoms with van der Waals surface area (Å²) in [5.41, 5.74) is 2.00. The van der Waals surface area contributed by atoms with Crippen LogP contribution in [-0.4, -0.2) is 16.7 Å². The lowest BCUT2D eigenvalue weighted by Gasteiger charge is -2.11. The van der Waals surface area contributed by atoms with Crippen LogP contribution in [0.15, 0.2) is 65.4 Å². The first-order valence-corrected chi connectivity index (χ1v) is 8.93. The highest BCUT2D eigenvalue weighted by atomic mass is 32.1. The number of thiophene rings is 1. The van der Waals surface area contributed by atoms with Crippen LogP contribution in [0.4, 0.5) is 11.4 Å². The number of nitrogens with zero attached hydrogens (tertiary/aromatic N) is 1. The number of nitro benzene ring substituents is 1. The van der Waals surface area contributed by atoms with Crippen LogP contribution in [-0.2, 0) is 6.54 Å². The number of rotatable bonds is 6. The fourth-order valence-corrected chi connectivity index (χ4v) is 3.03. The Bertz CT molecular complexity index is 969. The highest BCUT2D eigenvalue weighted by Gasteiger charge is 2.14. The third kappa shape index (κ3) is 4.56. The van der Waals surface area contributed by atoms with Crippen LogP contribution in [0.1, 0.15) is 26.3 Å². The standard InChI is InChI=1S/C19H15N3O4S/c23-18(14-9-10-27-12-14)21-17-4-2-1-3-16(17)19(24)20-11-13-5-7-15(8-6-13)22(25)26/h1-10,12H,11H2,(H,20,24)(H,21,23). The number of benzene rings is 2. The second-order valence-electron chi connectivity index (χ2n) is 5.62. The Morgan fingerprint density at radius 3 is 2.41 bits per heavy atom. The number of nitro groups is 1. The zero-order chi connectivity index (χ0) is 19.2. The largest absolute Gasteiger partial charge is 0.348 e. The van der Waals surface area contributed by atoms with Crippen LogP contribution < -0.4 is 10.6 Å². The van der Waals surface area contributed by atoms with Crippen molar-refractivity contribution in [2.45, 2.75) is 6.54 Å². The molecule has 0 bridgehead atoms. The molecular formula is C19H15N3O4S. The van der Waals surface area contributed by atoms with Crippen LogP contribution in [0.5, 0.6) is 0 Å². The number of non-ortho nitro benzene ring substituents is 1. The van der Waals surface area contributed by atoms with Gasteiger partial charge in [-0.2, -0.15) is 11.3 Å². The number of carbonyl (C=O) groups excluding carboxylic acids is 2. The van der Waals surface area contributed by atoms with E-state index >= 15 is 0 Å². The van der Waals surface area contributed by atoms with Crippen molar-refractivity contribution in [1.82, 2.24) is 5.32 Å². The first kappa shape index (κ1) is 18.3. The van der Waals surface area contributed by atoms with E-state index in [0.717, 1.165) is 5.56 Å². The fraction of sp³-hybridized carbons (Fsp3) is 0.0526. The predicted octanol–water partition coefficient (Wildman–Crippen LogP) is 3.84. The molecule has 0 saturated carbocycles. The Morgan fingerprint density at radius 1 is 1.00 bits per heavy atom. The van der Waals surface area contributed by atoms with E-state index in [-0.39, 0.29) is 24.0 Å². The van der Waals surface area contributed by atoms with Crippen LogP contribution in [0.25, 0.3) is 0 Å². The van der Waals surface area contributed by atoms with E-state index in [1.54, 1.807) is 53.2 Å². The molecule has 0 aliphatic heterocycles. The molecule has 0 saturated heterocycles. The fourth-order valence-electron chi connectivity index (χ4n) is 2.39. The minimum atomic E-state index is -0.477. The van der Waals surface area contributed by atoms with E-state index < -0.39 is 4.92 Å². The number of carbonyl (C=O) groups is 2. The molecule has 136 valence electrons. The number of hydrogen-bond acceptors (Lipinski definition) is 5. The Hall–Kier alpha value is -3.52. The average Bonchev–Trinajstić information content (AvgIpc) is 3.22. The highest BCUT2D eigenvalue weighted by Crippen LogP contribution is 2.18. The van der Waals surface area contributed by atoms with Gasteiger partial charge in [-0.3, -0.25) is 19.7 Å². The van der Waals surface area contributed by atoms with Gasteiger partial charge in [0, 0.05) is 24.1 Å². The molecule has 2 amide bonds. The van der Waals surface area contributed by atoms with E-state index in [1.165, 1.54) is 23.5 Å². The monoisotopic (exact) mass is 381 g/mol. The van der Waals surface area contributed by atoms with Crippen molar-refractivity contribution in [1.29, 1.82) is 0 Å². The maximum Gasteiger partial charge on any atom is 0.269 e. The minimum Gasteiger partial charge on any atom is -0.348 e. The molecule has 0 fully saturated rings. The molecule has 3 aromatic rings. The lowest BCUT2D eigenvalue weighted by Crippen LogP contribution is -2.24. The van der Waals surface area contributed by atoms with Gasteiger partial charge in [-0.1, -0.05) is 24.3 Å². The Kier molecular flexibility index (Phi) is 5.58. The number of nitrogens with one attached hydrogen (secondary N) is 2. The molecule has 1 heterocycles. The van der Waals surface area contributed by atoms with E-state index in [9.17, 15) is 19.7 Å². The van der Waals surface area contributed by atoms with Gasteiger partial charge >= 0.3 is 0 Å². The second kappa shape index (κ2) is 8.24. The third-order valence-electron chi connectivity index (χ3n) is 3.80. The van der Waals surface area contributed by atoms with Crippen LogP contribution in [0.3, 0.4) is 0 Å². The molecule has 0 aliphatic rings. The third-order valence-corrected chi connectivity index (χ3v) is 4.49. The van der Waals surface area contributed by atoms with Crippen molar-refractivity contribution in [3.05, 3.63) is 92.2 Å². The maximum atomic E-state index is 12.5. The summed E-state index contributed by atoms with van der Waals surface area (Å²) in [6, 6.07) is 14.4. The van der Waals surface area contributed by atoms with Gasteiger partial charge in [-0.05, 0) is 29.1 Å². The van der Waals surface area contributed by atoms with Gasteiger partial charge < -0.3 is 10.6 Å². The molecule has 8 heteroatoms. The van der Waals surface area contributed by atoms with E-state index in [2.05, 4.69) is 10.6 Å². The molecule has 0 atom stereocenters.